The Kier molecular flexibility index (Phi) is 5.14. The van der Waals surface area contributed by atoms with E-state index in [0.29, 0.717) is 36.1 Å². The van der Waals surface area contributed by atoms with E-state index in [9.17, 15) is 13.6 Å². The number of amides is 1. The topological polar surface area (TPSA) is 32.3 Å². The van der Waals surface area contributed by atoms with Crippen LogP contribution in [0.1, 0.15) is 12.8 Å². The van der Waals surface area contributed by atoms with Crippen molar-refractivity contribution < 1.29 is 13.6 Å². The van der Waals surface area contributed by atoms with Crippen LogP contribution in [0.4, 0.5) is 20.2 Å². The quantitative estimate of drug-likeness (QED) is 0.825. The predicted octanol–water partition coefficient (Wildman–Crippen LogP) is 4.58. The molecule has 1 aliphatic rings. The number of anilines is 2. The molecule has 1 N–H and O–H groups in total. The third-order valence-corrected chi connectivity index (χ3v) is 4.74. The lowest BCUT2D eigenvalue weighted by Gasteiger charge is -2.33. The molecule has 3 rings (SSSR count). The van der Waals surface area contributed by atoms with Gasteiger partial charge in [-0.05, 0) is 43.2 Å². The molecule has 0 bridgehead atoms. The number of piperidine rings is 1. The van der Waals surface area contributed by atoms with E-state index in [1.807, 2.05) is 4.90 Å². The number of carbonyl (C=O) groups is 1. The van der Waals surface area contributed by atoms with Crippen LogP contribution in [0.25, 0.3) is 0 Å². The molecule has 24 heavy (non-hydrogen) atoms. The molecule has 1 amide bonds. The van der Waals surface area contributed by atoms with Gasteiger partial charge in [0.2, 0.25) is 5.91 Å². The minimum absolute atomic E-state index is 0.180. The molecule has 2 aromatic rings. The third kappa shape index (κ3) is 3.75. The molecule has 6 heteroatoms. The highest BCUT2D eigenvalue weighted by atomic mass is 79.9. The van der Waals surface area contributed by atoms with Crippen molar-refractivity contribution in [2.45, 2.75) is 12.8 Å². The highest BCUT2D eigenvalue weighted by molar-refractivity contribution is 9.10. The van der Waals surface area contributed by atoms with Gasteiger partial charge in [-0.3, -0.25) is 4.79 Å². The molecule has 0 radical (unpaired) electrons. The number of benzene rings is 2. The molecule has 0 atom stereocenters. The summed E-state index contributed by atoms with van der Waals surface area (Å²) in [4.78, 5) is 14.3. The summed E-state index contributed by atoms with van der Waals surface area (Å²) in [6, 6.07) is 11.2. The van der Waals surface area contributed by atoms with Gasteiger partial charge in [-0.15, -0.1) is 0 Å². The zero-order valence-electron chi connectivity index (χ0n) is 12.9. The van der Waals surface area contributed by atoms with Crippen LogP contribution in [0.2, 0.25) is 0 Å². The standard InChI is InChI=1S/C18H17BrF2N2O/c19-13-5-6-16(15(21)11-13)22-18(24)12-7-9-23(10-8-12)17-4-2-1-3-14(17)20/h1-6,11-12H,7-10H2,(H,22,24). The van der Waals surface area contributed by atoms with Gasteiger partial charge in [0.25, 0.3) is 0 Å². The average Bonchev–Trinajstić information content (AvgIpc) is 2.58. The monoisotopic (exact) mass is 394 g/mol. The summed E-state index contributed by atoms with van der Waals surface area (Å²) < 4.78 is 28.3. The molecule has 0 unspecified atom stereocenters. The second-order valence-electron chi connectivity index (χ2n) is 5.83. The van der Waals surface area contributed by atoms with E-state index in [2.05, 4.69) is 21.2 Å². The van der Waals surface area contributed by atoms with Crippen LogP contribution >= 0.6 is 15.9 Å². The molecule has 126 valence electrons. The summed E-state index contributed by atoms with van der Waals surface area (Å²) in [5.74, 6) is -1.11. The zero-order valence-corrected chi connectivity index (χ0v) is 14.5. The molecule has 0 saturated carbocycles. The Balaban J connectivity index is 1.60. The number of para-hydroxylation sites is 1. The summed E-state index contributed by atoms with van der Waals surface area (Å²) in [6.45, 7) is 1.20. The van der Waals surface area contributed by atoms with Gasteiger partial charge in [0.05, 0.1) is 11.4 Å². The molecule has 3 nitrogen and oxygen atoms in total. The van der Waals surface area contributed by atoms with Gasteiger partial charge in [0.1, 0.15) is 11.6 Å². The first-order valence-electron chi connectivity index (χ1n) is 7.80. The van der Waals surface area contributed by atoms with Crippen LogP contribution in [0, 0.1) is 17.6 Å². The Hall–Kier alpha value is -1.95. The second-order valence-corrected chi connectivity index (χ2v) is 6.74. The van der Waals surface area contributed by atoms with Crippen LogP contribution < -0.4 is 10.2 Å². The largest absolute Gasteiger partial charge is 0.369 e. The number of hydrogen-bond donors (Lipinski definition) is 1. The molecule has 1 fully saturated rings. The van der Waals surface area contributed by atoms with E-state index in [0.717, 1.165) is 0 Å². The van der Waals surface area contributed by atoms with Gasteiger partial charge in [-0.1, -0.05) is 28.1 Å². The summed E-state index contributed by atoms with van der Waals surface area (Å²) in [5.41, 5.74) is 0.745. The van der Waals surface area contributed by atoms with Crippen LogP contribution in [0.15, 0.2) is 46.9 Å². The lowest BCUT2D eigenvalue weighted by atomic mass is 9.95. The van der Waals surface area contributed by atoms with Crippen molar-refractivity contribution >= 4 is 33.2 Å². The van der Waals surface area contributed by atoms with Gasteiger partial charge in [0, 0.05) is 23.5 Å². The fourth-order valence-corrected chi connectivity index (χ4v) is 3.25. The van der Waals surface area contributed by atoms with Gasteiger partial charge in [0.15, 0.2) is 0 Å². The van der Waals surface area contributed by atoms with Crippen LogP contribution in [0.3, 0.4) is 0 Å². The number of nitrogens with zero attached hydrogens (tertiary/aromatic N) is 1. The van der Waals surface area contributed by atoms with E-state index >= 15 is 0 Å². The number of hydrogen-bond acceptors (Lipinski definition) is 2. The Bertz CT molecular complexity index is 746. The second kappa shape index (κ2) is 7.30. The fourth-order valence-electron chi connectivity index (χ4n) is 2.92. The minimum Gasteiger partial charge on any atom is -0.369 e. The summed E-state index contributed by atoms with van der Waals surface area (Å²) in [6.07, 6.45) is 1.22. The Morgan fingerprint density at radius 1 is 1.08 bits per heavy atom. The maximum absolute atomic E-state index is 13.8. The maximum atomic E-state index is 13.8. The third-order valence-electron chi connectivity index (χ3n) is 4.25. The van der Waals surface area contributed by atoms with E-state index in [-0.39, 0.29) is 23.3 Å². The molecule has 0 aliphatic carbocycles. The Morgan fingerprint density at radius 3 is 2.46 bits per heavy atom. The first-order chi connectivity index (χ1) is 11.5. The molecule has 2 aromatic carbocycles. The van der Waals surface area contributed by atoms with E-state index in [1.165, 1.54) is 18.2 Å². The minimum atomic E-state index is -0.471. The SMILES string of the molecule is O=C(Nc1ccc(Br)cc1F)C1CCN(c2ccccc2F)CC1. The van der Waals surface area contributed by atoms with Crippen molar-refractivity contribution in [2.75, 3.05) is 23.3 Å². The van der Waals surface area contributed by atoms with Crippen LogP contribution in [-0.2, 0) is 4.79 Å². The van der Waals surface area contributed by atoms with Gasteiger partial charge < -0.3 is 10.2 Å². The molecular weight excluding hydrogens is 378 g/mol. The summed E-state index contributed by atoms with van der Waals surface area (Å²) >= 11 is 3.18. The maximum Gasteiger partial charge on any atom is 0.227 e. The first-order valence-corrected chi connectivity index (χ1v) is 8.59. The van der Waals surface area contributed by atoms with Crippen LogP contribution in [-0.4, -0.2) is 19.0 Å². The summed E-state index contributed by atoms with van der Waals surface area (Å²) in [5, 5.41) is 2.65. The van der Waals surface area contributed by atoms with Crippen molar-refractivity contribution in [3.8, 4) is 0 Å². The number of rotatable bonds is 3. The predicted molar refractivity (Wildman–Crippen MR) is 94.1 cm³/mol. The molecular formula is C18H17BrF2N2O. The van der Waals surface area contributed by atoms with Crippen LogP contribution in [0.5, 0.6) is 0 Å². The lowest BCUT2D eigenvalue weighted by Crippen LogP contribution is -2.38. The molecule has 1 heterocycles. The van der Waals surface area contributed by atoms with E-state index in [4.69, 9.17) is 0 Å². The molecule has 1 saturated heterocycles. The van der Waals surface area contributed by atoms with Gasteiger partial charge >= 0.3 is 0 Å². The highest BCUT2D eigenvalue weighted by Crippen LogP contribution is 2.27. The highest BCUT2D eigenvalue weighted by Gasteiger charge is 2.26. The number of halogens is 3. The molecule has 0 aromatic heterocycles. The van der Waals surface area contributed by atoms with Crippen molar-refractivity contribution in [1.82, 2.24) is 0 Å². The Labute approximate surface area is 147 Å². The number of carbonyl (C=O) groups excluding carboxylic acids is 1. The molecule has 0 spiro atoms. The lowest BCUT2D eigenvalue weighted by molar-refractivity contribution is -0.120. The normalized spacial score (nSPS) is 15.4. The van der Waals surface area contributed by atoms with E-state index < -0.39 is 5.82 Å². The van der Waals surface area contributed by atoms with Crippen molar-refractivity contribution in [3.63, 3.8) is 0 Å². The summed E-state index contributed by atoms with van der Waals surface area (Å²) in [7, 11) is 0. The number of nitrogens with one attached hydrogen (secondary N) is 1. The van der Waals surface area contributed by atoms with E-state index in [1.54, 1.807) is 24.3 Å². The van der Waals surface area contributed by atoms with Crippen molar-refractivity contribution in [1.29, 1.82) is 0 Å². The fraction of sp³-hybridized carbons (Fsp3) is 0.278. The zero-order chi connectivity index (χ0) is 17.1. The van der Waals surface area contributed by atoms with Crippen molar-refractivity contribution in [2.24, 2.45) is 5.92 Å². The smallest absolute Gasteiger partial charge is 0.227 e. The van der Waals surface area contributed by atoms with Gasteiger partial charge in [-0.25, -0.2) is 8.78 Å². The first kappa shape index (κ1) is 16.9. The molecule has 1 aliphatic heterocycles. The Morgan fingerprint density at radius 2 is 1.79 bits per heavy atom. The average molecular weight is 395 g/mol. The van der Waals surface area contributed by atoms with Gasteiger partial charge in [-0.2, -0.15) is 0 Å². The van der Waals surface area contributed by atoms with Crippen molar-refractivity contribution in [3.05, 3.63) is 58.6 Å².